The second-order valence-corrected chi connectivity index (χ2v) is 3.98. The number of benzene rings is 1. The normalized spacial score (nSPS) is 11.9. The number of rotatable bonds is 7. The van der Waals surface area contributed by atoms with Gasteiger partial charge in [0.2, 0.25) is 0 Å². The smallest absolute Gasteiger partial charge is 0.161 e. The van der Waals surface area contributed by atoms with Gasteiger partial charge in [0, 0.05) is 6.04 Å². The summed E-state index contributed by atoms with van der Waals surface area (Å²) in [5, 5.41) is 0. The molecule has 1 aromatic carbocycles. The lowest BCUT2D eigenvalue weighted by molar-refractivity contribution is 0.290. The quantitative estimate of drug-likeness (QED) is 0.583. The molecule has 0 saturated carbocycles. The van der Waals surface area contributed by atoms with Crippen LogP contribution in [0.2, 0.25) is 0 Å². The molecule has 0 radical (unpaired) electrons. The molecule has 0 unspecified atom stereocenters. The molecule has 3 nitrogen and oxygen atoms in total. The standard InChI is InChI=1S/C14H21NO2/c1-4-5-6-9-17-13-8-7-12(11(2)15)10-14(13)16-3/h4,7-8,10-11H,1,5-6,9,15H2,2-3H3/t11-/m1/s1. The van der Waals surface area contributed by atoms with E-state index in [0.717, 1.165) is 29.9 Å². The summed E-state index contributed by atoms with van der Waals surface area (Å²) in [6.07, 6.45) is 3.81. The van der Waals surface area contributed by atoms with Crippen LogP contribution < -0.4 is 15.2 Å². The predicted molar refractivity (Wildman–Crippen MR) is 70.5 cm³/mol. The minimum atomic E-state index is -0.00119. The second kappa shape index (κ2) is 6.97. The van der Waals surface area contributed by atoms with Gasteiger partial charge >= 0.3 is 0 Å². The van der Waals surface area contributed by atoms with E-state index in [9.17, 15) is 0 Å². The minimum Gasteiger partial charge on any atom is -0.493 e. The average molecular weight is 235 g/mol. The van der Waals surface area contributed by atoms with E-state index >= 15 is 0 Å². The highest BCUT2D eigenvalue weighted by molar-refractivity contribution is 5.43. The summed E-state index contributed by atoms with van der Waals surface area (Å²) in [7, 11) is 1.64. The maximum absolute atomic E-state index is 5.82. The molecule has 1 rings (SSSR count). The molecule has 1 atom stereocenters. The zero-order chi connectivity index (χ0) is 12.7. The van der Waals surface area contributed by atoms with Crippen LogP contribution in [0.1, 0.15) is 31.4 Å². The van der Waals surface area contributed by atoms with Gasteiger partial charge in [-0.15, -0.1) is 6.58 Å². The van der Waals surface area contributed by atoms with Crippen LogP contribution in [0.3, 0.4) is 0 Å². The van der Waals surface area contributed by atoms with Gasteiger partial charge in [0.05, 0.1) is 13.7 Å². The van der Waals surface area contributed by atoms with Crippen molar-refractivity contribution in [3.05, 3.63) is 36.4 Å². The average Bonchev–Trinajstić information content (AvgIpc) is 2.34. The minimum absolute atomic E-state index is 0.00119. The molecule has 0 spiro atoms. The summed E-state index contributed by atoms with van der Waals surface area (Å²) in [5.41, 5.74) is 6.86. The Hall–Kier alpha value is -1.48. The zero-order valence-electron chi connectivity index (χ0n) is 10.6. The molecule has 0 bridgehead atoms. The second-order valence-electron chi connectivity index (χ2n) is 3.98. The van der Waals surface area contributed by atoms with Crippen molar-refractivity contribution in [2.24, 2.45) is 5.73 Å². The Morgan fingerprint density at radius 1 is 1.41 bits per heavy atom. The Balaban J connectivity index is 2.68. The van der Waals surface area contributed by atoms with E-state index in [4.69, 9.17) is 15.2 Å². The monoisotopic (exact) mass is 235 g/mol. The Morgan fingerprint density at radius 2 is 2.18 bits per heavy atom. The van der Waals surface area contributed by atoms with Crippen LogP contribution in [0.5, 0.6) is 11.5 Å². The number of methoxy groups -OCH3 is 1. The number of unbranched alkanes of at least 4 members (excludes halogenated alkanes) is 1. The van der Waals surface area contributed by atoms with Crippen LogP contribution in [0.4, 0.5) is 0 Å². The van der Waals surface area contributed by atoms with Gasteiger partial charge in [-0.25, -0.2) is 0 Å². The van der Waals surface area contributed by atoms with E-state index in [2.05, 4.69) is 6.58 Å². The molecule has 3 heteroatoms. The van der Waals surface area contributed by atoms with Gasteiger partial charge in [-0.3, -0.25) is 0 Å². The fourth-order valence-corrected chi connectivity index (χ4v) is 1.50. The maximum Gasteiger partial charge on any atom is 0.161 e. The molecule has 0 fully saturated rings. The Bertz CT molecular complexity index is 361. The van der Waals surface area contributed by atoms with Gasteiger partial charge < -0.3 is 15.2 Å². The Labute approximate surface area is 103 Å². The lowest BCUT2D eigenvalue weighted by atomic mass is 10.1. The zero-order valence-corrected chi connectivity index (χ0v) is 10.6. The molecule has 2 N–H and O–H groups in total. The van der Waals surface area contributed by atoms with Gasteiger partial charge in [-0.1, -0.05) is 12.1 Å². The molecule has 94 valence electrons. The summed E-state index contributed by atoms with van der Waals surface area (Å²) in [6.45, 7) is 6.29. The number of ether oxygens (including phenoxy) is 2. The lowest BCUT2D eigenvalue weighted by Gasteiger charge is -2.13. The van der Waals surface area contributed by atoms with Crippen molar-refractivity contribution in [2.75, 3.05) is 13.7 Å². The van der Waals surface area contributed by atoms with Gasteiger partial charge in [-0.2, -0.15) is 0 Å². The first-order valence-corrected chi connectivity index (χ1v) is 5.86. The van der Waals surface area contributed by atoms with Gasteiger partial charge in [0.15, 0.2) is 11.5 Å². The summed E-state index contributed by atoms with van der Waals surface area (Å²) in [4.78, 5) is 0. The maximum atomic E-state index is 5.82. The molecular formula is C14H21NO2. The molecular weight excluding hydrogens is 214 g/mol. The highest BCUT2D eigenvalue weighted by Crippen LogP contribution is 2.29. The molecule has 0 amide bonds. The fraction of sp³-hybridized carbons (Fsp3) is 0.429. The van der Waals surface area contributed by atoms with Crippen LogP contribution in [-0.2, 0) is 0 Å². The van der Waals surface area contributed by atoms with Crippen molar-refractivity contribution in [2.45, 2.75) is 25.8 Å². The Morgan fingerprint density at radius 3 is 2.76 bits per heavy atom. The first kappa shape index (κ1) is 13.6. The molecule has 1 aromatic rings. The van der Waals surface area contributed by atoms with Crippen LogP contribution in [-0.4, -0.2) is 13.7 Å². The van der Waals surface area contributed by atoms with Crippen molar-refractivity contribution >= 4 is 0 Å². The van der Waals surface area contributed by atoms with Crippen LogP contribution in [0.25, 0.3) is 0 Å². The molecule has 0 aliphatic rings. The van der Waals surface area contributed by atoms with E-state index in [1.54, 1.807) is 7.11 Å². The number of nitrogens with two attached hydrogens (primary N) is 1. The van der Waals surface area contributed by atoms with Crippen molar-refractivity contribution < 1.29 is 9.47 Å². The summed E-state index contributed by atoms with van der Waals surface area (Å²) in [5.74, 6) is 1.50. The predicted octanol–water partition coefficient (Wildman–Crippen LogP) is 3.06. The topological polar surface area (TPSA) is 44.5 Å². The first-order chi connectivity index (χ1) is 8.19. The van der Waals surface area contributed by atoms with Crippen LogP contribution >= 0.6 is 0 Å². The van der Waals surface area contributed by atoms with Crippen LogP contribution in [0, 0.1) is 0 Å². The van der Waals surface area contributed by atoms with Gasteiger partial charge in [0.1, 0.15) is 0 Å². The third-order valence-electron chi connectivity index (χ3n) is 2.52. The van der Waals surface area contributed by atoms with Crippen LogP contribution in [0.15, 0.2) is 30.9 Å². The summed E-state index contributed by atoms with van der Waals surface area (Å²) in [6, 6.07) is 5.80. The van der Waals surface area contributed by atoms with E-state index in [-0.39, 0.29) is 6.04 Å². The van der Waals surface area contributed by atoms with E-state index in [1.165, 1.54) is 0 Å². The van der Waals surface area contributed by atoms with Crippen molar-refractivity contribution in [1.82, 2.24) is 0 Å². The third kappa shape index (κ3) is 4.11. The van der Waals surface area contributed by atoms with E-state index < -0.39 is 0 Å². The first-order valence-electron chi connectivity index (χ1n) is 5.86. The molecule has 0 aliphatic carbocycles. The third-order valence-corrected chi connectivity index (χ3v) is 2.52. The van der Waals surface area contributed by atoms with E-state index in [0.29, 0.717) is 6.61 Å². The van der Waals surface area contributed by atoms with Gasteiger partial charge in [0.25, 0.3) is 0 Å². The largest absolute Gasteiger partial charge is 0.493 e. The van der Waals surface area contributed by atoms with Crippen molar-refractivity contribution in [3.63, 3.8) is 0 Å². The fourth-order valence-electron chi connectivity index (χ4n) is 1.50. The molecule has 0 aliphatic heterocycles. The molecule has 0 heterocycles. The van der Waals surface area contributed by atoms with Gasteiger partial charge in [-0.05, 0) is 37.5 Å². The number of hydrogen-bond acceptors (Lipinski definition) is 3. The van der Waals surface area contributed by atoms with Crippen molar-refractivity contribution in [3.8, 4) is 11.5 Å². The summed E-state index contributed by atoms with van der Waals surface area (Å²) < 4.78 is 10.9. The SMILES string of the molecule is C=CCCCOc1ccc([C@@H](C)N)cc1OC. The highest BCUT2D eigenvalue weighted by Gasteiger charge is 2.07. The molecule has 17 heavy (non-hydrogen) atoms. The van der Waals surface area contributed by atoms with Crippen molar-refractivity contribution in [1.29, 1.82) is 0 Å². The highest BCUT2D eigenvalue weighted by atomic mass is 16.5. The summed E-state index contributed by atoms with van der Waals surface area (Å²) >= 11 is 0. The molecule has 0 saturated heterocycles. The Kier molecular flexibility index (Phi) is 5.57. The number of hydrogen-bond donors (Lipinski definition) is 1. The lowest BCUT2D eigenvalue weighted by Crippen LogP contribution is -2.06. The van der Waals surface area contributed by atoms with E-state index in [1.807, 2.05) is 31.2 Å². The molecule has 0 aromatic heterocycles. The number of allylic oxidation sites excluding steroid dienone is 1.